The van der Waals surface area contributed by atoms with Gasteiger partial charge in [0.2, 0.25) is 0 Å². The van der Waals surface area contributed by atoms with Crippen LogP contribution in [0.25, 0.3) is 0 Å². The highest BCUT2D eigenvalue weighted by molar-refractivity contribution is 5.82. The fourth-order valence-corrected chi connectivity index (χ4v) is 4.27. The van der Waals surface area contributed by atoms with Crippen LogP contribution >= 0.6 is 0 Å². The molecule has 0 saturated heterocycles. The van der Waals surface area contributed by atoms with Crippen molar-refractivity contribution >= 4 is 5.84 Å². The number of unbranched alkanes of at least 4 members (excludes halogenated alkanes) is 12. The van der Waals surface area contributed by atoms with Gasteiger partial charge < -0.3 is 10.2 Å². The molecule has 0 saturated carbocycles. The Morgan fingerprint density at radius 3 is 2.07 bits per heavy atom. The Morgan fingerprint density at radius 2 is 1.43 bits per heavy atom. The van der Waals surface area contributed by atoms with Gasteiger partial charge in [0, 0.05) is 19.0 Å². The molecule has 30 heavy (non-hydrogen) atoms. The first-order valence-electron chi connectivity index (χ1n) is 13.3. The predicted octanol–water partition coefficient (Wildman–Crippen LogP) is 7.52. The lowest BCUT2D eigenvalue weighted by Crippen LogP contribution is -2.39. The molecule has 0 aromatic carbocycles. The van der Waals surface area contributed by atoms with E-state index < -0.39 is 0 Å². The lowest BCUT2D eigenvalue weighted by atomic mass is 10.0. The van der Waals surface area contributed by atoms with Crippen LogP contribution in [-0.2, 0) is 0 Å². The molecule has 3 nitrogen and oxygen atoms in total. The third kappa shape index (κ3) is 16.9. The molecule has 1 rings (SSSR count). The van der Waals surface area contributed by atoms with E-state index in [1.807, 2.05) is 0 Å². The molecule has 176 valence electrons. The van der Waals surface area contributed by atoms with E-state index in [2.05, 4.69) is 43.4 Å². The van der Waals surface area contributed by atoms with E-state index in [4.69, 9.17) is 4.99 Å². The second-order valence-electron chi connectivity index (χ2n) is 9.59. The van der Waals surface area contributed by atoms with Crippen molar-refractivity contribution in [3.05, 3.63) is 12.2 Å². The molecule has 0 aromatic rings. The minimum Gasteiger partial charge on any atom is -0.371 e. The van der Waals surface area contributed by atoms with Gasteiger partial charge >= 0.3 is 0 Å². The maximum absolute atomic E-state index is 4.72. The smallest absolute Gasteiger partial charge is 0.0965 e. The van der Waals surface area contributed by atoms with Crippen molar-refractivity contribution in [2.24, 2.45) is 4.99 Å². The Labute approximate surface area is 189 Å². The summed E-state index contributed by atoms with van der Waals surface area (Å²) < 4.78 is 0. The average molecular weight is 420 g/mol. The Hall–Kier alpha value is -0.830. The summed E-state index contributed by atoms with van der Waals surface area (Å²) in [5.74, 6) is 1.28. The number of aliphatic imine (C=N–C) groups is 1. The van der Waals surface area contributed by atoms with Crippen molar-refractivity contribution in [2.45, 2.75) is 129 Å². The van der Waals surface area contributed by atoms with Crippen LogP contribution in [0.5, 0.6) is 0 Å². The van der Waals surface area contributed by atoms with Crippen LogP contribution in [0.15, 0.2) is 17.1 Å². The number of nitrogens with one attached hydrogen (secondary N) is 1. The van der Waals surface area contributed by atoms with Gasteiger partial charge in [-0.15, -0.1) is 0 Å². The van der Waals surface area contributed by atoms with Crippen LogP contribution in [-0.4, -0.2) is 44.0 Å². The van der Waals surface area contributed by atoms with Crippen LogP contribution in [0.2, 0.25) is 0 Å². The molecule has 0 aromatic heterocycles. The fraction of sp³-hybridized carbons (Fsp3) is 0.889. The number of allylic oxidation sites excluding steroid dienone is 2. The summed E-state index contributed by atoms with van der Waals surface area (Å²) in [5, 5.41) is 3.70. The quantitative estimate of drug-likeness (QED) is 0.163. The second kappa shape index (κ2) is 20.1. The molecular weight excluding hydrogens is 366 g/mol. The monoisotopic (exact) mass is 419 g/mol. The van der Waals surface area contributed by atoms with Gasteiger partial charge in [-0.25, -0.2) is 0 Å². The molecule has 3 heteroatoms. The summed E-state index contributed by atoms with van der Waals surface area (Å²) in [7, 11) is 4.32. The highest BCUT2D eigenvalue weighted by Crippen LogP contribution is 2.13. The zero-order chi connectivity index (χ0) is 21.7. The van der Waals surface area contributed by atoms with E-state index in [0.29, 0.717) is 6.04 Å². The number of nitrogens with zero attached hydrogens (tertiary/aromatic N) is 2. The van der Waals surface area contributed by atoms with Crippen molar-refractivity contribution in [2.75, 3.05) is 27.2 Å². The Kier molecular flexibility index (Phi) is 18.2. The molecule has 1 aliphatic heterocycles. The predicted molar refractivity (Wildman–Crippen MR) is 136 cm³/mol. The zero-order valence-corrected chi connectivity index (χ0v) is 20.8. The van der Waals surface area contributed by atoms with Gasteiger partial charge in [-0.3, -0.25) is 4.99 Å². The highest BCUT2D eigenvalue weighted by atomic mass is 15.1. The van der Waals surface area contributed by atoms with Gasteiger partial charge in [-0.05, 0) is 72.0 Å². The maximum atomic E-state index is 4.72. The van der Waals surface area contributed by atoms with Crippen molar-refractivity contribution < 1.29 is 0 Å². The number of rotatable bonds is 20. The average Bonchev–Trinajstić information content (AvgIpc) is 2.73. The van der Waals surface area contributed by atoms with Gasteiger partial charge in [-0.1, -0.05) is 76.9 Å². The summed E-state index contributed by atoms with van der Waals surface area (Å²) in [5.41, 5.74) is 0. The Balaban J connectivity index is 1.86. The van der Waals surface area contributed by atoms with E-state index in [9.17, 15) is 0 Å². The van der Waals surface area contributed by atoms with Crippen LogP contribution in [0, 0.1) is 0 Å². The minimum atomic E-state index is 0.659. The molecule has 1 N–H and O–H groups in total. The number of hydrogen-bond acceptors (Lipinski definition) is 3. The van der Waals surface area contributed by atoms with E-state index in [0.717, 1.165) is 13.0 Å². The highest BCUT2D eigenvalue weighted by Gasteiger charge is 2.14. The van der Waals surface area contributed by atoms with Crippen LogP contribution in [0.1, 0.15) is 122 Å². The van der Waals surface area contributed by atoms with Crippen LogP contribution < -0.4 is 5.32 Å². The van der Waals surface area contributed by atoms with Gasteiger partial charge in [0.1, 0.15) is 0 Å². The number of hydrogen-bond donors (Lipinski definition) is 1. The van der Waals surface area contributed by atoms with E-state index >= 15 is 0 Å². The van der Waals surface area contributed by atoms with Crippen LogP contribution in [0.3, 0.4) is 0 Å². The Morgan fingerprint density at radius 1 is 0.833 bits per heavy atom. The van der Waals surface area contributed by atoms with E-state index in [-0.39, 0.29) is 0 Å². The topological polar surface area (TPSA) is 27.6 Å². The summed E-state index contributed by atoms with van der Waals surface area (Å²) in [6, 6.07) is 0.659. The van der Waals surface area contributed by atoms with Crippen molar-refractivity contribution in [3.63, 3.8) is 0 Å². The summed E-state index contributed by atoms with van der Waals surface area (Å²) in [6.07, 6.45) is 29.0. The first-order valence-corrected chi connectivity index (χ1v) is 13.3. The van der Waals surface area contributed by atoms with Crippen molar-refractivity contribution in [1.82, 2.24) is 10.2 Å². The summed E-state index contributed by atoms with van der Waals surface area (Å²) in [6.45, 7) is 4.51. The summed E-state index contributed by atoms with van der Waals surface area (Å²) >= 11 is 0. The molecule has 1 atom stereocenters. The molecule has 0 bridgehead atoms. The molecule has 0 spiro atoms. The van der Waals surface area contributed by atoms with Gasteiger partial charge in [0.05, 0.1) is 5.84 Å². The molecule has 0 radical (unpaired) electrons. The minimum absolute atomic E-state index is 0.659. The third-order valence-electron chi connectivity index (χ3n) is 6.23. The van der Waals surface area contributed by atoms with Crippen molar-refractivity contribution in [1.29, 1.82) is 0 Å². The lowest BCUT2D eigenvalue weighted by molar-refractivity contribution is 0.373. The van der Waals surface area contributed by atoms with Crippen LogP contribution in [0.4, 0.5) is 0 Å². The van der Waals surface area contributed by atoms with Gasteiger partial charge in [0.25, 0.3) is 0 Å². The van der Waals surface area contributed by atoms with E-state index in [1.54, 1.807) is 0 Å². The maximum Gasteiger partial charge on any atom is 0.0965 e. The molecule has 1 heterocycles. The molecule has 0 fully saturated rings. The summed E-state index contributed by atoms with van der Waals surface area (Å²) in [4.78, 5) is 7.00. The SMILES string of the molecule is CCCCCCCCC=CCCCCCCCCC1=NCCC(CCCN(C)C)N1. The largest absolute Gasteiger partial charge is 0.371 e. The van der Waals surface area contributed by atoms with E-state index in [1.165, 1.54) is 122 Å². The lowest BCUT2D eigenvalue weighted by Gasteiger charge is -2.25. The first kappa shape index (κ1) is 27.2. The zero-order valence-electron chi connectivity index (χ0n) is 20.8. The molecule has 1 aliphatic rings. The van der Waals surface area contributed by atoms with Gasteiger partial charge in [0.15, 0.2) is 0 Å². The fourth-order valence-electron chi connectivity index (χ4n) is 4.27. The van der Waals surface area contributed by atoms with Gasteiger partial charge in [-0.2, -0.15) is 0 Å². The standard InChI is InChI=1S/C27H53N3/c1-4-5-6-7-8-9-10-11-12-13-14-15-16-17-18-19-22-27-28-24-23-26(29-27)21-20-25-30(2)3/h11-12,26H,4-10,13-25H2,1-3H3,(H,28,29). The molecular formula is C27H53N3. The normalized spacial score (nSPS) is 16.9. The second-order valence-corrected chi connectivity index (χ2v) is 9.59. The number of amidine groups is 1. The molecule has 0 amide bonds. The molecule has 0 aliphatic carbocycles. The van der Waals surface area contributed by atoms with Crippen molar-refractivity contribution in [3.8, 4) is 0 Å². The molecule has 1 unspecified atom stereocenters. The Bertz CT molecular complexity index is 428. The first-order chi connectivity index (χ1) is 14.7. The third-order valence-corrected chi connectivity index (χ3v) is 6.23.